The van der Waals surface area contributed by atoms with Crippen molar-refractivity contribution in [3.05, 3.63) is 18.2 Å². The van der Waals surface area contributed by atoms with Crippen LogP contribution in [0.5, 0.6) is 0 Å². The van der Waals surface area contributed by atoms with Gasteiger partial charge in [-0.25, -0.2) is 4.98 Å². The van der Waals surface area contributed by atoms with Gasteiger partial charge in [0.2, 0.25) is 5.91 Å². The van der Waals surface area contributed by atoms with Crippen LogP contribution in [0.1, 0.15) is 32.1 Å². The van der Waals surface area contributed by atoms with Gasteiger partial charge in [0.25, 0.3) is 0 Å². The van der Waals surface area contributed by atoms with E-state index in [4.69, 9.17) is 5.11 Å². The molecule has 1 amide bonds. The van der Waals surface area contributed by atoms with Gasteiger partial charge in [-0.2, -0.15) is 0 Å². The zero-order valence-corrected chi connectivity index (χ0v) is 16.1. The van der Waals surface area contributed by atoms with Gasteiger partial charge >= 0.3 is 11.9 Å². The van der Waals surface area contributed by atoms with Crippen LogP contribution in [0.2, 0.25) is 0 Å². The Hall–Kier alpha value is -2.13. The highest BCUT2D eigenvalue weighted by Crippen LogP contribution is 2.33. The van der Waals surface area contributed by atoms with E-state index in [0.717, 1.165) is 27.4 Å². The van der Waals surface area contributed by atoms with Gasteiger partial charge in [-0.3, -0.25) is 14.4 Å². The zero-order chi connectivity index (χ0) is 19.4. The number of aromatic nitrogens is 1. The number of amides is 1. The van der Waals surface area contributed by atoms with Gasteiger partial charge in [-0.15, -0.1) is 11.3 Å². The van der Waals surface area contributed by atoms with Gasteiger partial charge < -0.3 is 15.5 Å². The predicted octanol–water partition coefficient (Wildman–Crippen LogP) is 3.69. The molecule has 144 valence electrons. The smallest absolute Gasteiger partial charge is 0.307 e. The maximum atomic E-state index is 12.6. The number of carbonyl (C=O) groups is 3. The van der Waals surface area contributed by atoms with Crippen LogP contribution in [0.3, 0.4) is 0 Å². The first-order valence-electron chi connectivity index (χ1n) is 8.73. The number of nitrogens with one attached hydrogen (secondary N) is 1. The van der Waals surface area contributed by atoms with Crippen molar-refractivity contribution in [3.63, 3.8) is 0 Å². The third-order valence-corrected chi connectivity index (χ3v) is 6.76. The number of rotatable bonds is 7. The fourth-order valence-corrected chi connectivity index (χ4v) is 5.35. The van der Waals surface area contributed by atoms with Gasteiger partial charge in [-0.1, -0.05) is 24.6 Å². The van der Waals surface area contributed by atoms with Crippen LogP contribution in [0.15, 0.2) is 22.5 Å². The Morgan fingerprint density at radius 3 is 2.63 bits per heavy atom. The molecule has 1 fully saturated rings. The molecule has 3 rings (SSSR count). The van der Waals surface area contributed by atoms with Gasteiger partial charge in [0.05, 0.1) is 28.5 Å². The minimum absolute atomic E-state index is 0.0774. The summed E-state index contributed by atoms with van der Waals surface area (Å²) in [5.41, 5.74) is 1.41. The molecule has 0 aliphatic heterocycles. The molecule has 27 heavy (non-hydrogen) atoms. The number of hydrogen-bond acceptors (Lipinski definition) is 6. The molecule has 7 nitrogen and oxygen atoms in total. The zero-order valence-electron chi connectivity index (χ0n) is 14.5. The number of thiazole rings is 1. The Morgan fingerprint density at radius 2 is 1.93 bits per heavy atom. The Balaban J connectivity index is 1.68. The standard InChI is InChI=1S/C18H20N2O5S2/c21-15(22)7-8-26-18-20-13-6-5-10(9-14(13)27-18)19-16(23)11-3-1-2-4-12(11)17(24)25/h5-6,9,11-12H,1-4,7-8H2,(H,19,23)(H,21,22)(H,24,25). The molecule has 1 aromatic heterocycles. The van der Waals surface area contributed by atoms with Crippen LogP contribution in [0.4, 0.5) is 5.69 Å². The monoisotopic (exact) mass is 408 g/mol. The van der Waals surface area contributed by atoms with Crippen LogP contribution in [0, 0.1) is 11.8 Å². The number of thioether (sulfide) groups is 1. The van der Waals surface area contributed by atoms with Crippen molar-refractivity contribution < 1.29 is 24.6 Å². The highest BCUT2D eigenvalue weighted by atomic mass is 32.2. The molecule has 1 aromatic carbocycles. The molecule has 3 N–H and O–H groups in total. The molecule has 0 saturated heterocycles. The highest BCUT2D eigenvalue weighted by Gasteiger charge is 2.35. The summed E-state index contributed by atoms with van der Waals surface area (Å²) in [5.74, 6) is -2.66. The second-order valence-corrected chi connectivity index (χ2v) is 8.85. The lowest BCUT2D eigenvalue weighted by molar-refractivity contribution is -0.147. The summed E-state index contributed by atoms with van der Waals surface area (Å²) in [4.78, 5) is 39.0. The number of carbonyl (C=O) groups excluding carboxylic acids is 1. The van der Waals surface area contributed by atoms with Crippen LogP contribution in [-0.2, 0) is 14.4 Å². The molecule has 2 atom stereocenters. The van der Waals surface area contributed by atoms with E-state index in [1.807, 2.05) is 6.07 Å². The molecule has 2 unspecified atom stereocenters. The van der Waals surface area contributed by atoms with Gasteiger partial charge in [0, 0.05) is 11.4 Å². The first-order chi connectivity index (χ1) is 12.9. The Morgan fingerprint density at radius 1 is 1.19 bits per heavy atom. The average molecular weight is 409 g/mol. The van der Waals surface area contributed by atoms with E-state index in [1.54, 1.807) is 12.1 Å². The molecule has 1 saturated carbocycles. The lowest BCUT2D eigenvalue weighted by Crippen LogP contribution is -2.36. The molecule has 9 heteroatoms. The Kier molecular flexibility index (Phi) is 6.33. The summed E-state index contributed by atoms with van der Waals surface area (Å²) in [6.07, 6.45) is 2.92. The maximum absolute atomic E-state index is 12.6. The van der Waals surface area contributed by atoms with E-state index in [9.17, 15) is 19.5 Å². The summed E-state index contributed by atoms with van der Waals surface area (Å²) < 4.78 is 1.68. The van der Waals surface area contributed by atoms with Crippen molar-refractivity contribution in [2.75, 3.05) is 11.1 Å². The third kappa shape index (κ3) is 4.98. The molecular formula is C18H20N2O5S2. The van der Waals surface area contributed by atoms with Crippen LogP contribution in [-0.4, -0.2) is 38.8 Å². The van der Waals surface area contributed by atoms with E-state index in [2.05, 4.69) is 10.3 Å². The molecule has 1 heterocycles. The lowest BCUT2D eigenvalue weighted by Gasteiger charge is -2.27. The first-order valence-corrected chi connectivity index (χ1v) is 10.5. The second-order valence-electron chi connectivity index (χ2n) is 6.48. The summed E-state index contributed by atoms with van der Waals surface area (Å²) in [6.45, 7) is 0. The summed E-state index contributed by atoms with van der Waals surface area (Å²) >= 11 is 2.84. The van der Waals surface area contributed by atoms with Crippen molar-refractivity contribution in [2.24, 2.45) is 11.8 Å². The SMILES string of the molecule is O=C(O)CCSc1nc2ccc(NC(=O)C3CCCCC3C(=O)O)cc2s1. The highest BCUT2D eigenvalue weighted by molar-refractivity contribution is 8.01. The minimum Gasteiger partial charge on any atom is -0.481 e. The molecule has 2 aromatic rings. The molecule has 1 aliphatic rings. The Labute approximate surface area is 164 Å². The van der Waals surface area contributed by atoms with E-state index in [0.29, 0.717) is 24.3 Å². The van der Waals surface area contributed by atoms with Crippen molar-refractivity contribution in [1.82, 2.24) is 4.98 Å². The molecular weight excluding hydrogens is 388 g/mol. The fraction of sp³-hybridized carbons (Fsp3) is 0.444. The molecule has 1 aliphatic carbocycles. The number of hydrogen-bond donors (Lipinski definition) is 3. The van der Waals surface area contributed by atoms with Crippen LogP contribution >= 0.6 is 23.1 Å². The number of fused-ring (bicyclic) bond motifs is 1. The summed E-state index contributed by atoms with van der Waals surface area (Å²) in [5, 5.41) is 20.9. The van der Waals surface area contributed by atoms with E-state index in [1.165, 1.54) is 23.1 Å². The quantitative estimate of drug-likeness (QED) is 0.598. The van der Waals surface area contributed by atoms with E-state index in [-0.39, 0.29) is 12.3 Å². The summed E-state index contributed by atoms with van der Waals surface area (Å²) in [7, 11) is 0. The Bertz CT molecular complexity index is 867. The van der Waals surface area contributed by atoms with Crippen LogP contribution < -0.4 is 5.32 Å². The fourth-order valence-electron chi connectivity index (χ4n) is 3.24. The van der Waals surface area contributed by atoms with E-state index >= 15 is 0 Å². The van der Waals surface area contributed by atoms with Crippen molar-refractivity contribution in [1.29, 1.82) is 0 Å². The van der Waals surface area contributed by atoms with Crippen LogP contribution in [0.25, 0.3) is 10.2 Å². The number of carboxylic acids is 2. The number of aliphatic carboxylic acids is 2. The second kappa shape index (κ2) is 8.71. The van der Waals surface area contributed by atoms with Gasteiger partial charge in [0.1, 0.15) is 0 Å². The average Bonchev–Trinajstić information content (AvgIpc) is 3.03. The largest absolute Gasteiger partial charge is 0.481 e. The predicted molar refractivity (Wildman–Crippen MR) is 104 cm³/mol. The topological polar surface area (TPSA) is 117 Å². The first kappa shape index (κ1) is 19.6. The number of nitrogens with zero attached hydrogens (tertiary/aromatic N) is 1. The number of benzene rings is 1. The molecule has 0 radical (unpaired) electrons. The number of carboxylic acid groups (broad SMARTS) is 2. The van der Waals surface area contributed by atoms with Crippen molar-refractivity contribution in [2.45, 2.75) is 36.4 Å². The minimum atomic E-state index is -0.907. The maximum Gasteiger partial charge on any atom is 0.307 e. The lowest BCUT2D eigenvalue weighted by atomic mass is 9.78. The molecule has 0 bridgehead atoms. The number of anilines is 1. The normalized spacial score (nSPS) is 19.7. The van der Waals surface area contributed by atoms with Crippen molar-refractivity contribution >= 4 is 56.8 Å². The van der Waals surface area contributed by atoms with Gasteiger partial charge in [-0.05, 0) is 31.0 Å². The third-order valence-electron chi connectivity index (χ3n) is 4.60. The van der Waals surface area contributed by atoms with E-state index < -0.39 is 23.8 Å². The molecule has 0 spiro atoms. The van der Waals surface area contributed by atoms with Gasteiger partial charge in [0.15, 0.2) is 4.34 Å². The van der Waals surface area contributed by atoms with Crippen molar-refractivity contribution in [3.8, 4) is 0 Å². The summed E-state index contributed by atoms with van der Waals surface area (Å²) in [6, 6.07) is 5.38.